The van der Waals surface area contributed by atoms with Crippen molar-refractivity contribution < 1.29 is 0 Å². The lowest BCUT2D eigenvalue weighted by atomic mass is 10.1. The van der Waals surface area contributed by atoms with E-state index in [-0.39, 0.29) is 0 Å². The van der Waals surface area contributed by atoms with Crippen LogP contribution < -0.4 is 4.90 Å². The van der Waals surface area contributed by atoms with Crippen LogP contribution in [0.15, 0.2) is 30.3 Å². The monoisotopic (exact) mass is 197 g/mol. The zero-order valence-corrected chi connectivity index (χ0v) is 8.73. The van der Waals surface area contributed by atoms with Gasteiger partial charge in [-0.3, -0.25) is 0 Å². The van der Waals surface area contributed by atoms with Gasteiger partial charge in [0.05, 0.1) is 0 Å². The third-order valence-electron chi connectivity index (χ3n) is 2.26. The van der Waals surface area contributed by atoms with E-state index in [0.717, 1.165) is 16.6 Å². The molecule has 1 heterocycles. The van der Waals surface area contributed by atoms with Gasteiger partial charge in [0, 0.05) is 19.5 Å². The summed E-state index contributed by atoms with van der Waals surface area (Å²) < 4.78 is 0. The van der Waals surface area contributed by atoms with Crippen LogP contribution in [-0.2, 0) is 0 Å². The quantitative estimate of drug-likeness (QED) is 0.703. The van der Waals surface area contributed by atoms with E-state index in [1.54, 1.807) is 0 Å². The molecule has 74 valence electrons. The van der Waals surface area contributed by atoms with Crippen LogP contribution in [0, 0.1) is 11.3 Å². The normalized spacial score (nSPS) is 9.93. The maximum atomic E-state index is 8.87. The molecule has 2 aromatic rings. The maximum Gasteiger partial charge on any atom is 0.143 e. The Balaban J connectivity index is 2.82. The SMILES string of the molecule is CN(C)c1nc(C#N)cc2ccccc12. The van der Waals surface area contributed by atoms with Gasteiger partial charge in [-0.1, -0.05) is 24.3 Å². The Labute approximate surface area is 88.6 Å². The maximum absolute atomic E-state index is 8.87. The first-order valence-corrected chi connectivity index (χ1v) is 4.69. The highest BCUT2D eigenvalue weighted by Crippen LogP contribution is 2.23. The van der Waals surface area contributed by atoms with E-state index < -0.39 is 0 Å². The standard InChI is InChI=1S/C12H11N3/c1-15(2)12-11-6-4-3-5-9(11)7-10(8-13)14-12/h3-7H,1-2H3. The van der Waals surface area contributed by atoms with Crippen LogP contribution in [0.4, 0.5) is 5.82 Å². The number of hydrogen-bond acceptors (Lipinski definition) is 3. The summed E-state index contributed by atoms with van der Waals surface area (Å²) in [5.41, 5.74) is 0.456. The predicted molar refractivity (Wildman–Crippen MR) is 60.8 cm³/mol. The van der Waals surface area contributed by atoms with Gasteiger partial charge in [-0.25, -0.2) is 4.98 Å². The minimum atomic E-state index is 0.456. The summed E-state index contributed by atoms with van der Waals surface area (Å²) in [7, 11) is 3.85. The largest absolute Gasteiger partial charge is 0.362 e. The number of nitrogens with zero attached hydrogens (tertiary/aromatic N) is 3. The van der Waals surface area contributed by atoms with Gasteiger partial charge in [0.25, 0.3) is 0 Å². The summed E-state index contributed by atoms with van der Waals surface area (Å²) in [5.74, 6) is 0.838. The smallest absolute Gasteiger partial charge is 0.143 e. The van der Waals surface area contributed by atoms with E-state index in [0.29, 0.717) is 5.69 Å². The number of aromatic nitrogens is 1. The molecule has 1 aromatic carbocycles. The third-order valence-corrected chi connectivity index (χ3v) is 2.26. The minimum absolute atomic E-state index is 0.456. The van der Waals surface area contributed by atoms with Crippen molar-refractivity contribution in [2.45, 2.75) is 0 Å². The minimum Gasteiger partial charge on any atom is -0.362 e. The predicted octanol–water partition coefficient (Wildman–Crippen LogP) is 2.17. The van der Waals surface area contributed by atoms with Gasteiger partial charge < -0.3 is 4.90 Å². The molecule has 2 rings (SSSR count). The molecular formula is C12H11N3. The van der Waals surface area contributed by atoms with Crippen LogP contribution in [0.2, 0.25) is 0 Å². The second-order valence-electron chi connectivity index (χ2n) is 3.56. The van der Waals surface area contributed by atoms with Crippen LogP contribution >= 0.6 is 0 Å². The van der Waals surface area contributed by atoms with Crippen molar-refractivity contribution in [2.24, 2.45) is 0 Å². The molecule has 3 nitrogen and oxygen atoms in total. The highest BCUT2D eigenvalue weighted by molar-refractivity contribution is 5.92. The summed E-state index contributed by atoms with van der Waals surface area (Å²) in [6.45, 7) is 0. The lowest BCUT2D eigenvalue weighted by molar-refractivity contribution is 1.07. The van der Waals surface area contributed by atoms with E-state index in [9.17, 15) is 0 Å². The Bertz CT molecular complexity index is 538. The molecule has 0 radical (unpaired) electrons. The molecule has 0 saturated heterocycles. The molecule has 0 amide bonds. The van der Waals surface area contributed by atoms with Crippen LogP contribution in [0.3, 0.4) is 0 Å². The molecule has 0 aliphatic heterocycles. The van der Waals surface area contributed by atoms with Crippen molar-refractivity contribution in [3.8, 4) is 6.07 Å². The van der Waals surface area contributed by atoms with Gasteiger partial charge in [0.1, 0.15) is 17.6 Å². The molecule has 0 N–H and O–H groups in total. The molecule has 0 aliphatic carbocycles. The van der Waals surface area contributed by atoms with E-state index in [1.165, 1.54) is 0 Å². The molecule has 0 aliphatic rings. The Morgan fingerprint density at radius 3 is 2.67 bits per heavy atom. The van der Waals surface area contributed by atoms with Gasteiger partial charge in [0.15, 0.2) is 0 Å². The Kier molecular flexibility index (Phi) is 2.26. The number of nitriles is 1. The average molecular weight is 197 g/mol. The lowest BCUT2D eigenvalue weighted by Crippen LogP contribution is -2.11. The van der Waals surface area contributed by atoms with Crippen LogP contribution in [-0.4, -0.2) is 19.1 Å². The van der Waals surface area contributed by atoms with E-state index in [1.807, 2.05) is 49.3 Å². The van der Waals surface area contributed by atoms with Crippen molar-refractivity contribution >= 4 is 16.6 Å². The summed E-state index contributed by atoms with van der Waals surface area (Å²) >= 11 is 0. The number of pyridine rings is 1. The van der Waals surface area contributed by atoms with Crippen LogP contribution in [0.5, 0.6) is 0 Å². The summed E-state index contributed by atoms with van der Waals surface area (Å²) in [5, 5.41) is 11.0. The van der Waals surface area contributed by atoms with Crippen LogP contribution in [0.1, 0.15) is 5.69 Å². The van der Waals surface area contributed by atoms with E-state index in [4.69, 9.17) is 5.26 Å². The van der Waals surface area contributed by atoms with Gasteiger partial charge in [0.2, 0.25) is 0 Å². The van der Waals surface area contributed by atoms with Crippen molar-refractivity contribution in [1.82, 2.24) is 4.98 Å². The Morgan fingerprint density at radius 2 is 2.00 bits per heavy atom. The van der Waals surface area contributed by atoms with Gasteiger partial charge in [-0.05, 0) is 11.5 Å². The fourth-order valence-corrected chi connectivity index (χ4v) is 1.58. The second-order valence-corrected chi connectivity index (χ2v) is 3.56. The topological polar surface area (TPSA) is 39.9 Å². The number of hydrogen-bond donors (Lipinski definition) is 0. The van der Waals surface area contributed by atoms with E-state index >= 15 is 0 Å². The van der Waals surface area contributed by atoms with Crippen molar-refractivity contribution in [3.63, 3.8) is 0 Å². The van der Waals surface area contributed by atoms with E-state index in [2.05, 4.69) is 11.1 Å². The van der Waals surface area contributed by atoms with Crippen molar-refractivity contribution in [1.29, 1.82) is 5.26 Å². The molecule has 0 saturated carbocycles. The first kappa shape index (κ1) is 9.47. The summed E-state index contributed by atoms with van der Waals surface area (Å²) in [6, 6.07) is 11.8. The van der Waals surface area contributed by atoms with Crippen LogP contribution in [0.25, 0.3) is 10.8 Å². The van der Waals surface area contributed by atoms with Gasteiger partial charge >= 0.3 is 0 Å². The van der Waals surface area contributed by atoms with Gasteiger partial charge in [-0.2, -0.15) is 5.26 Å². The molecule has 3 heteroatoms. The molecule has 0 unspecified atom stereocenters. The fraction of sp³-hybridized carbons (Fsp3) is 0.167. The molecule has 0 atom stereocenters. The van der Waals surface area contributed by atoms with Crippen molar-refractivity contribution in [3.05, 3.63) is 36.0 Å². The lowest BCUT2D eigenvalue weighted by Gasteiger charge is -2.14. The number of rotatable bonds is 1. The molecule has 1 aromatic heterocycles. The van der Waals surface area contributed by atoms with Crippen molar-refractivity contribution in [2.75, 3.05) is 19.0 Å². The molecule has 0 fully saturated rings. The first-order chi connectivity index (χ1) is 7.22. The summed E-state index contributed by atoms with van der Waals surface area (Å²) in [6.07, 6.45) is 0. The number of fused-ring (bicyclic) bond motifs is 1. The van der Waals surface area contributed by atoms with Gasteiger partial charge in [-0.15, -0.1) is 0 Å². The molecular weight excluding hydrogens is 186 g/mol. The second kappa shape index (κ2) is 3.58. The highest BCUT2D eigenvalue weighted by Gasteiger charge is 2.06. The molecule has 0 spiro atoms. The highest BCUT2D eigenvalue weighted by atomic mass is 15.1. The summed E-state index contributed by atoms with van der Waals surface area (Å²) in [4.78, 5) is 6.20. The zero-order chi connectivity index (χ0) is 10.8. The molecule has 0 bridgehead atoms. The Morgan fingerprint density at radius 1 is 1.27 bits per heavy atom. The number of benzene rings is 1. The Hall–Kier alpha value is -2.08. The zero-order valence-electron chi connectivity index (χ0n) is 8.73. The fourth-order valence-electron chi connectivity index (χ4n) is 1.58. The first-order valence-electron chi connectivity index (χ1n) is 4.69. The third kappa shape index (κ3) is 1.62. The number of anilines is 1. The average Bonchev–Trinajstić information content (AvgIpc) is 2.27. The molecule has 15 heavy (non-hydrogen) atoms.